The highest BCUT2D eigenvalue weighted by molar-refractivity contribution is 7.93. The maximum absolute atomic E-state index is 12.7. The average molecular weight is 420 g/mol. The van der Waals surface area contributed by atoms with Crippen LogP contribution in [0.5, 0.6) is 0 Å². The third kappa shape index (κ3) is 5.25. The van der Waals surface area contributed by atoms with Gasteiger partial charge < -0.3 is 4.74 Å². The highest BCUT2D eigenvalue weighted by Gasteiger charge is 2.21. The van der Waals surface area contributed by atoms with Crippen molar-refractivity contribution in [3.05, 3.63) is 112 Å². The van der Waals surface area contributed by atoms with E-state index in [4.69, 9.17) is 4.74 Å². The maximum Gasteiger partial charge on any atom is 0.237 e. The second-order valence-corrected chi connectivity index (χ2v) is 9.25. The van der Waals surface area contributed by atoms with Gasteiger partial charge in [-0.15, -0.1) is 0 Å². The molecule has 0 fully saturated rings. The summed E-state index contributed by atoms with van der Waals surface area (Å²) in [5, 5.41) is 0. The zero-order valence-electron chi connectivity index (χ0n) is 16.8. The van der Waals surface area contributed by atoms with Gasteiger partial charge in [0.15, 0.2) is 0 Å². The molecule has 4 nitrogen and oxygen atoms in total. The van der Waals surface area contributed by atoms with E-state index in [1.54, 1.807) is 6.08 Å². The second-order valence-electron chi connectivity index (χ2n) is 7.43. The quantitative estimate of drug-likeness (QED) is 0.570. The molecule has 5 heteroatoms. The van der Waals surface area contributed by atoms with Gasteiger partial charge in [-0.2, -0.15) is 0 Å². The Bertz CT molecular complexity index is 1120. The summed E-state index contributed by atoms with van der Waals surface area (Å²) in [5.74, 6) is 0. The zero-order valence-corrected chi connectivity index (χ0v) is 17.6. The molecule has 0 unspecified atom stereocenters. The Labute approximate surface area is 178 Å². The summed E-state index contributed by atoms with van der Waals surface area (Å²) in [6, 6.07) is 25.8. The van der Waals surface area contributed by atoms with Crippen molar-refractivity contribution in [2.75, 3.05) is 0 Å². The molecule has 154 valence electrons. The minimum Gasteiger partial charge on any atom is -0.372 e. The molecule has 30 heavy (non-hydrogen) atoms. The standard InChI is InChI=1S/C25H25NO3S/c27-30(28,25-15-14-23-8-4-5-9-24(23)16-25)26-17-20-10-12-22(13-11-20)19-29-18-21-6-2-1-3-7-21/h1-13,16,26H,14-15,17-19H2. The topological polar surface area (TPSA) is 55.4 Å². The monoisotopic (exact) mass is 419 g/mol. The zero-order chi connectivity index (χ0) is 20.8. The molecule has 0 saturated heterocycles. The van der Waals surface area contributed by atoms with Crippen molar-refractivity contribution in [2.24, 2.45) is 0 Å². The van der Waals surface area contributed by atoms with Gasteiger partial charge in [0.2, 0.25) is 10.0 Å². The molecule has 1 aliphatic rings. The highest BCUT2D eigenvalue weighted by Crippen LogP contribution is 2.26. The second kappa shape index (κ2) is 9.39. The van der Waals surface area contributed by atoms with E-state index in [9.17, 15) is 8.42 Å². The first-order chi connectivity index (χ1) is 14.6. The van der Waals surface area contributed by atoms with Crippen LogP contribution in [-0.4, -0.2) is 8.42 Å². The van der Waals surface area contributed by atoms with Gasteiger partial charge in [0, 0.05) is 6.54 Å². The molecule has 3 aromatic carbocycles. The first-order valence-corrected chi connectivity index (χ1v) is 11.6. The Balaban J connectivity index is 1.31. The molecule has 0 radical (unpaired) electrons. The Morgan fingerprint density at radius 1 is 0.733 bits per heavy atom. The Morgan fingerprint density at radius 2 is 1.37 bits per heavy atom. The summed E-state index contributed by atoms with van der Waals surface area (Å²) >= 11 is 0. The molecule has 0 amide bonds. The molecule has 0 heterocycles. The van der Waals surface area contributed by atoms with E-state index >= 15 is 0 Å². The van der Waals surface area contributed by atoms with Crippen LogP contribution in [0.4, 0.5) is 0 Å². The van der Waals surface area contributed by atoms with Crippen molar-refractivity contribution in [3.8, 4) is 0 Å². The summed E-state index contributed by atoms with van der Waals surface area (Å²) in [6.07, 6.45) is 3.07. The van der Waals surface area contributed by atoms with E-state index in [2.05, 4.69) is 4.72 Å². The fourth-order valence-electron chi connectivity index (χ4n) is 3.50. The molecule has 0 bridgehead atoms. The molecule has 4 rings (SSSR count). The van der Waals surface area contributed by atoms with Gasteiger partial charge >= 0.3 is 0 Å². The molecule has 0 saturated carbocycles. The van der Waals surface area contributed by atoms with Crippen LogP contribution >= 0.6 is 0 Å². The number of hydrogen-bond donors (Lipinski definition) is 1. The molecule has 3 aromatic rings. The highest BCUT2D eigenvalue weighted by atomic mass is 32.2. The third-order valence-electron chi connectivity index (χ3n) is 5.23. The number of ether oxygens (including phenoxy) is 1. The van der Waals surface area contributed by atoms with Crippen molar-refractivity contribution in [1.82, 2.24) is 4.72 Å². The van der Waals surface area contributed by atoms with Crippen molar-refractivity contribution in [3.63, 3.8) is 0 Å². The number of fused-ring (bicyclic) bond motifs is 1. The van der Waals surface area contributed by atoms with Gasteiger partial charge in [0.1, 0.15) is 0 Å². The predicted octanol–water partition coefficient (Wildman–Crippen LogP) is 4.81. The number of sulfonamides is 1. The number of allylic oxidation sites excluding steroid dienone is 1. The van der Waals surface area contributed by atoms with E-state index in [1.165, 1.54) is 5.56 Å². The third-order valence-corrected chi connectivity index (χ3v) is 6.76. The molecular weight excluding hydrogens is 394 g/mol. The predicted molar refractivity (Wildman–Crippen MR) is 120 cm³/mol. The molecule has 0 atom stereocenters. The van der Waals surface area contributed by atoms with Gasteiger partial charge in [-0.25, -0.2) is 13.1 Å². The molecule has 0 aliphatic heterocycles. The van der Waals surface area contributed by atoms with Crippen molar-refractivity contribution in [2.45, 2.75) is 32.6 Å². The van der Waals surface area contributed by atoms with Crippen LogP contribution < -0.4 is 4.72 Å². The largest absolute Gasteiger partial charge is 0.372 e. The number of nitrogens with one attached hydrogen (secondary N) is 1. The first-order valence-electron chi connectivity index (χ1n) is 10.1. The van der Waals surface area contributed by atoms with E-state index in [0.717, 1.165) is 28.7 Å². The van der Waals surface area contributed by atoms with E-state index < -0.39 is 10.0 Å². The molecule has 1 N–H and O–H groups in total. The minimum atomic E-state index is -3.49. The summed E-state index contributed by atoms with van der Waals surface area (Å²) in [6.45, 7) is 1.36. The molecule has 0 aromatic heterocycles. The lowest BCUT2D eigenvalue weighted by atomic mass is 9.98. The van der Waals surface area contributed by atoms with Gasteiger partial charge in [0.05, 0.1) is 18.1 Å². The summed E-state index contributed by atoms with van der Waals surface area (Å²) in [7, 11) is -3.49. The van der Waals surface area contributed by atoms with Crippen molar-refractivity contribution in [1.29, 1.82) is 0 Å². The minimum absolute atomic E-state index is 0.270. The van der Waals surface area contributed by atoms with Gasteiger partial charge in [0.25, 0.3) is 0 Å². The lowest BCUT2D eigenvalue weighted by Crippen LogP contribution is -2.25. The van der Waals surface area contributed by atoms with Crippen LogP contribution in [-0.2, 0) is 40.9 Å². The van der Waals surface area contributed by atoms with Crippen LogP contribution in [0.1, 0.15) is 34.2 Å². The number of aryl methyl sites for hydroxylation is 1. The number of rotatable bonds is 8. The summed E-state index contributed by atoms with van der Waals surface area (Å²) in [5.41, 5.74) is 5.31. The van der Waals surface area contributed by atoms with E-state index in [-0.39, 0.29) is 6.54 Å². The van der Waals surface area contributed by atoms with E-state index in [0.29, 0.717) is 24.5 Å². The SMILES string of the molecule is O=S(=O)(NCc1ccc(COCc2ccccc2)cc1)C1=Cc2ccccc2CC1. The normalized spacial score (nSPS) is 13.5. The van der Waals surface area contributed by atoms with Gasteiger partial charge in [-0.3, -0.25) is 0 Å². The molecule has 1 aliphatic carbocycles. The van der Waals surface area contributed by atoms with Gasteiger partial charge in [-0.1, -0.05) is 78.9 Å². The average Bonchev–Trinajstić information content (AvgIpc) is 2.79. The van der Waals surface area contributed by atoms with Gasteiger partial charge in [-0.05, 0) is 46.7 Å². The Hall–Kier alpha value is -2.73. The summed E-state index contributed by atoms with van der Waals surface area (Å²) < 4.78 is 33.9. The van der Waals surface area contributed by atoms with Crippen molar-refractivity contribution >= 4 is 16.1 Å². The maximum atomic E-state index is 12.7. The van der Waals surface area contributed by atoms with Crippen LogP contribution in [0.15, 0.2) is 83.8 Å². The molecule has 0 spiro atoms. The van der Waals surface area contributed by atoms with Crippen LogP contribution in [0.2, 0.25) is 0 Å². The smallest absolute Gasteiger partial charge is 0.237 e. The fourth-order valence-corrected chi connectivity index (χ4v) is 4.70. The lowest BCUT2D eigenvalue weighted by Gasteiger charge is -2.17. The summed E-state index contributed by atoms with van der Waals surface area (Å²) in [4.78, 5) is 0.451. The number of benzene rings is 3. The van der Waals surface area contributed by atoms with Crippen LogP contribution in [0.3, 0.4) is 0 Å². The molecular formula is C25H25NO3S. The number of hydrogen-bond acceptors (Lipinski definition) is 3. The Kier molecular flexibility index (Phi) is 6.43. The lowest BCUT2D eigenvalue weighted by molar-refractivity contribution is 0.107. The van der Waals surface area contributed by atoms with Crippen LogP contribution in [0.25, 0.3) is 6.08 Å². The fraction of sp³-hybridized carbons (Fsp3) is 0.200. The first kappa shape index (κ1) is 20.5. The van der Waals surface area contributed by atoms with Crippen molar-refractivity contribution < 1.29 is 13.2 Å². The Morgan fingerprint density at radius 3 is 2.13 bits per heavy atom. The van der Waals surface area contributed by atoms with Crippen LogP contribution in [0, 0.1) is 0 Å². The van der Waals surface area contributed by atoms with E-state index in [1.807, 2.05) is 78.9 Å².